The van der Waals surface area contributed by atoms with Gasteiger partial charge in [-0.3, -0.25) is 0 Å². The zero-order valence-corrected chi connectivity index (χ0v) is 21.4. The van der Waals surface area contributed by atoms with Gasteiger partial charge in [-0.1, -0.05) is 0 Å². The Balaban J connectivity index is 0. The Labute approximate surface area is 164 Å². The monoisotopic (exact) mass is 420 g/mol. The van der Waals surface area contributed by atoms with Crippen LogP contribution < -0.4 is 0 Å². The fourth-order valence-corrected chi connectivity index (χ4v) is 14.8. The zero-order valence-electron chi connectivity index (χ0n) is 18.1. The second-order valence-electron chi connectivity index (χ2n) is 7.80. The maximum absolute atomic E-state index is 7.13. The van der Waals surface area contributed by atoms with E-state index in [1.165, 1.54) is 75.0 Å². The molecule has 24 heavy (non-hydrogen) atoms. The van der Waals surface area contributed by atoms with Gasteiger partial charge in [-0.2, -0.15) is 0 Å². The van der Waals surface area contributed by atoms with Crippen LogP contribution in [0.1, 0.15) is 81.1 Å². The van der Waals surface area contributed by atoms with Crippen LogP contribution in [0.3, 0.4) is 0 Å². The summed E-state index contributed by atoms with van der Waals surface area (Å²) in [5.41, 5.74) is 0. The van der Waals surface area contributed by atoms with Crippen molar-refractivity contribution in [3.05, 3.63) is 0 Å². The van der Waals surface area contributed by atoms with Crippen molar-refractivity contribution in [1.29, 1.82) is 0 Å². The number of halogens is 2. The van der Waals surface area contributed by atoms with Crippen molar-refractivity contribution in [2.45, 2.75) is 81.1 Å². The molecule has 0 unspecified atom stereocenters. The fraction of sp³-hybridized carbons (Fsp3) is 1.00. The molecule has 0 aliphatic heterocycles. The predicted molar refractivity (Wildman–Crippen MR) is 128 cm³/mol. The molecule has 0 aliphatic rings. The van der Waals surface area contributed by atoms with Crippen molar-refractivity contribution in [2.75, 3.05) is 49.3 Å². The average molecular weight is 421 g/mol. The van der Waals surface area contributed by atoms with Crippen LogP contribution in [0.2, 0.25) is 0 Å². The number of hydrogen-bond donors (Lipinski definition) is 0. The molecule has 0 aliphatic carbocycles. The summed E-state index contributed by atoms with van der Waals surface area (Å²) in [6.45, 7) is 18.1. The van der Waals surface area contributed by atoms with E-state index < -0.39 is 11.9 Å². The Morgan fingerprint density at radius 1 is 0.417 bits per heavy atom. The van der Waals surface area contributed by atoms with Gasteiger partial charge in [0.15, 0.2) is 0 Å². The van der Waals surface area contributed by atoms with Gasteiger partial charge >= 0.3 is 165 Å². The molecule has 0 spiro atoms. The molecule has 152 valence electrons. The molecule has 0 heterocycles. The number of hydrogen-bond acceptors (Lipinski definition) is 0. The quantitative estimate of drug-likeness (QED) is 0.276. The summed E-state index contributed by atoms with van der Waals surface area (Å²) < 4.78 is 0. The average Bonchev–Trinajstić information content (AvgIpc) is 2.56. The summed E-state index contributed by atoms with van der Waals surface area (Å²) >= 11 is 13.8. The molecule has 0 amide bonds. The minimum atomic E-state index is -1.80. The summed E-state index contributed by atoms with van der Waals surface area (Å²) in [5.74, 6) is -3.48. The molecule has 0 nitrogen and oxygen atoms in total. The third-order valence-electron chi connectivity index (χ3n) is 6.29. The normalized spacial score (nSPS) is 15.6. The van der Waals surface area contributed by atoms with Gasteiger partial charge < -0.3 is 0 Å². The van der Waals surface area contributed by atoms with Crippen molar-refractivity contribution in [1.82, 2.24) is 0 Å². The van der Waals surface area contributed by atoms with Crippen molar-refractivity contribution < 1.29 is 0 Å². The molecule has 0 atom stereocenters. The molecule has 0 bridgehead atoms. The first-order chi connectivity index (χ1) is 11.1. The van der Waals surface area contributed by atoms with Gasteiger partial charge in [-0.15, -0.1) is 0 Å². The SMILES string of the molecule is CCCP(Cl)(CCC)(CCC)CCC.CCP(Cl)(CC)(CC)CC. The van der Waals surface area contributed by atoms with Gasteiger partial charge in [0.05, 0.1) is 0 Å². The first kappa shape index (κ1) is 27.7. The van der Waals surface area contributed by atoms with E-state index in [4.69, 9.17) is 22.5 Å². The molecule has 0 N–H and O–H groups in total. The van der Waals surface area contributed by atoms with Crippen LogP contribution in [0, 0.1) is 0 Å². The van der Waals surface area contributed by atoms with Crippen LogP contribution in [0.25, 0.3) is 0 Å². The maximum atomic E-state index is 7.13. The summed E-state index contributed by atoms with van der Waals surface area (Å²) in [6, 6.07) is 0. The molecule has 0 aromatic rings. The van der Waals surface area contributed by atoms with E-state index in [-0.39, 0.29) is 0 Å². The second kappa shape index (κ2) is 12.0. The molecular formula is C20H48Cl2P2. The second-order valence-corrected chi connectivity index (χ2v) is 25.1. The van der Waals surface area contributed by atoms with Gasteiger partial charge in [0.2, 0.25) is 0 Å². The predicted octanol–water partition coefficient (Wildman–Crippen LogP) is 9.11. The number of rotatable bonds is 12. The van der Waals surface area contributed by atoms with Crippen molar-refractivity contribution >= 4 is 34.4 Å². The van der Waals surface area contributed by atoms with Crippen LogP contribution in [-0.4, -0.2) is 49.3 Å². The third-order valence-corrected chi connectivity index (χ3v) is 23.8. The molecule has 0 rings (SSSR count). The molecule has 0 saturated heterocycles. The minimum absolute atomic E-state index is 1.21. The van der Waals surface area contributed by atoms with Crippen LogP contribution in [0.15, 0.2) is 0 Å². The van der Waals surface area contributed by atoms with Gasteiger partial charge in [0, 0.05) is 0 Å². The molecule has 0 aromatic heterocycles. The van der Waals surface area contributed by atoms with E-state index in [0.717, 1.165) is 0 Å². The Hall–Kier alpha value is 1.44. The van der Waals surface area contributed by atoms with E-state index in [2.05, 4.69) is 55.4 Å². The third kappa shape index (κ3) is 8.42. The molecule has 0 aromatic carbocycles. The Morgan fingerprint density at radius 2 is 0.625 bits per heavy atom. The first-order valence-electron chi connectivity index (χ1n) is 10.5. The van der Waals surface area contributed by atoms with E-state index in [0.29, 0.717) is 0 Å². The summed E-state index contributed by atoms with van der Waals surface area (Å²) in [7, 11) is 0. The Bertz CT molecular complexity index is 269. The van der Waals surface area contributed by atoms with Crippen LogP contribution >= 0.6 is 34.4 Å². The molecule has 0 radical (unpaired) electrons. The van der Waals surface area contributed by atoms with Crippen molar-refractivity contribution in [3.63, 3.8) is 0 Å². The Morgan fingerprint density at radius 3 is 0.708 bits per heavy atom. The van der Waals surface area contributed by atoms with Crippen LogP contribution in [-0.2, 0) is 0 Å². The summed E-state index contributed by atoms with van der Waals surface area (Å²) in [4.78, 5) is 0. The zero-order chi connectivity index (χ0) is 19.4. The molecule has 4 heteroatoms. The topological polar surface area (TPSA) is 0 Å². The van der Waals surface area contributed by atoms with Crippen LogP contribution in [0.4, 0.5) is 0 Å². The van der Waals surface area contributed by atoms with Gasteiger partial charge in [0.25, 0.3) is 0 Å². The van der Waals surface area contributed by atoms with Gasteiger partial charge in [0.1, 0.15) is 0 Å². The van der Waals surface area contributed by atoms with Gasteiger partial charge in [-0.25, -0.2) is 0 Å². The summed E-state index contributed by atoms with van der Waals surface area (Å²) in [5, 5.41) is 0. The molecule has 0 saturated carbocycles. The van der Waals surface area contributed by atoms with E-state index in [1.807, 2.05) is 0 Å². The Kier molecular flexibility index (Phi) is 13.8. The van der Waals surface area contributed by atoms with Crippen molar-refractivity contribution in [3.8, 4) is 0 Å². The van der Waals surface area contributed by atoms with E-state index in [9.17, 15) is 0 Å². The van der Waals surface area contributed by atoms with E-state index >= 15 is 0 Å². The van der Waals surface area contributed by atoms with Crippen LogP contribution in [0.5, 0.6) is 0 Å². The van der Waals surface area contributed by atoms with Gasteiger partial charge in [-0.05, 0) is 0 Å². The fourth-order valence-electron chi connectivity index (χ4n) is 4.25. The standard InChI is InChI=1S/C12H28ClP.C8H20ClP/c1-5-9-14(13,10-6-2,11-7-3)12-8-4;1-5-10(9,6-2,7-3)8-4/h5-12H2,1-4H3;5-8H2,1-4H3. The first-order valence-corrected chi connectivity index (χ1v) is 18.3. The van der Waals surface area contributed by atoms with Crippen molar-refractivity contribution in [2.24, 2.45) is 0 Å². The molecule has 0 fully saturated rings. The van der Waals surface area contributed by atoms with E-state index in [1.54, 1.807) is 0 Å². The summed E-state index contributed by atoms with van der Waals surface area (Å²) in [6.07, 6.45) is 15.1. The molecular weight excluding hydrogens is 373 g/mol.